The Morgan fingerprint density at radius 2 is 1.62 bits per heavy atom. The minimum absolute atomic E-state index is 0.208. The lowest BCUT2D eigenvalue weighted by Gasteiger charge is -2.26. The zero-order chi connectivity index (χ0) is 14.8. The zero-order valence-corrected chi connectivity index (χ0v) is 12.0. The molecule has 0 saturated heterocycles. The summed E-state index contributed by atoms with van der Waals surface area (Å²) in [6.45, 7) is 0.709. The summed E-state index contributed by atoms with van der Waals surface area (Å²) in [7, 11) is 0. The van der Waals surface area contributed by atoms with Crippen LogP contribution in [0.3, 0.4) is 0 Å². The highest BCUT2D eigenvalue weighted by Gasteiger charge is 2.34. The van der Waals surface area contributed by atoms with Crippen molar-refractivity contribution in [2.75, 3.05) is 13.2 Å². The summed E-state index contributed by atoms with van der Waals surface area (Å²) in [5, 5.41) is 0. The van der Waals surface area contributed by atoms with Crippen molar-refractivity contribution < 1.29 is 14.3 Å². The number of rotatable bonds is 4. The highest BCUT2D eigenvalue weighted by molar-refractivity contribution is 6.21. The van der Waals surface area contributed by atoms with Crippen LogP contribution in [0.25, 0.3) is 0 Å². The predicted molar refractivity (Wildman–Crippen MR) is 78.0 cm³/mol. The summed E-state index contributed by atoms with van der Waals surface area (Å²) in [6, 6.07) is 7.23. The minimum Gasteiger partial charge on any atom is -0.376 e. The molecule has 112 valence electrons. The highest BCUT2D eigenvalue weighted by atomic mass is 16.5. The van der Waals surface area contributed by atoms with E-state index in [0.29, 0.717) is 30.3 Å². The number of nitrogens with two attached hydrogens (primary N) is 1. The average molecular weight is 288 g/mol. The van der Waals surface area contributed by atoms with Gasteiger partial charge in [-0.1, -0.05) is 12.1 Å². The van der Waals surface area contributed by atoms with E-state index in [4.69, 9.17) is 10.5 Å². The van der Waals surface area contributed by atoms with Gasteiger partial charge in [-0.05, 0) is 37.8 Å². The molecule has 3 rings (SSSR count). The SMILES string of the molecule is NC1CCC(OCCN2C(=O)c3ccccc3C2=O)CC1. The summed E-state index contributed by atoms with van der Waals surface area (Å²) in [6.07, 6.45) is 4.10. The number of carbonyl (C=O) groups is 2. The molecule has 21 heavy (non-hydrogen) atoms. The van der Waals surface area contributed by atoms with Gasteiger partial charge in [0.2, 0.25) is 0 Å². The molecule has 0 spiro atoms. The van der Waals surface area contributed by atoms with Gasteiger partial charge in [-0.25, -0.2) is 0 Å². The number of ether oxygens (including phenoxy) is 1. The quantitative estimate of drug-likeness (QED) is 0.854. The van der Waals surface area contributed by atoms with Gasteiger partial charge in [-0.15, -0.1) is 0 Å². The van der Waals surface area contributed by atoms with Gasteiger partial charge in [0.15, 0.2) is 0 Å². The number of benzene rings is 1. The van der Waals surface area contributed by atoms with Crippen molar-refractivity contribution >= 4 is 11.8 Å². The first-order valence-corrected chi connectivity index (χ1v) is 7.49. The van der Waals surface area contributed by atoms with E-state index in [1.807, 2.05) is 0 Å². The van der Waals surface area contributed by atoms with E-state index in [-0.39, 0.29) is 17.9 Å². The lowest BCUT2D eigenvalue weighted by Crippen LogP contribution is -2.35. The molecule has 1 heterocycles. The molecular weight excluding hydrogens is 268 g/mol. The molecule has 1 aromatic rings. The van der Waals surface area contributed by atoms with E-state index >= 15 is 0 Å². The van der Waals surface area contributed by atoms with Gasteiger partial charge in [-0.3, -0.25) is 14.5 Å². The molecule has 0 atom stereocenters. The predicted octanol–water partition coefficient (Wildman–Crippen LogP) is 1.57. The van der Waals surface area contributed by atoms with Crippen LogP contribution in [0.4, 0.5) is 0 Å². The largest absolute Gasteiger partial charge is 0.376 e. The van der Waals surface area contributed by atoms with Crippen molar-refractivity contribution in [3.63, 3.8) is 0 Å². The fraction of sp³-hybridized carbons (Fsp3) is 0.500. The molecule has 1 aliphatic carbocycles. The topological polar surface area (TPSA) is 72.6 Å². The molecular formula is C16H20N2O3. The molecule has 0 radical (unpaired) electrons. The van der Waals surface area contributed by atoms with Gasteiger partial charge in [0.05, 0.1) is 30.4 Å². The molecule has 1 saturated carbocycles. The third-order valence-corrected chi connectivity index (χ3v) is 4.27. The molecule has 1 aromatic carbocycles. The molecule has 2 N–H and O–H groups in total. The molecule has 5 heteroatoms. The van der Waals surface area contributed by atoms with Gasteiger partial charge < -0.3 is 10.5 Å². The normalized spacial score (nSPS) is 25.3. The second-order valence-corrected chi connectivity index (χ2v) is 5.72. The van der Waals surface area contributed by atoms with E-state index in [0.717, 1.165) is 25.7 Å². The Bertz CT molecular complexity index is 515. The van der Waals surface area contributed by atoms with Crippen molar-refractivity contribution in [2.45, 2.75) is 37.8 Å². The average Bonchev–Trinajstić information content (AvgIpc) is 2.75. The van der Waals surface area contributed by atoms with Crippen LogP contribution in [0.5, 0.6) is 0 Å². The van der Waals surface area contributed by atoms with Gasteiger partial charge in [-0.2, -0.15) is 0 Å². The van der Waals surface area contributed by atoms with Gasteiger partial charge >= 0.3 is 0 Å². The third kappa shape index (κ3) is 2.84. The zero-order valence-electron chi connectivity index (χ0n) is 12.0. The summed E-state index contributed by atoms with van der Waals surface area (Å²) >= 11 is 0. The third-order valence-electron chi connectivity index (χ3n) is 4.27. The Labute approximate surface area is 124 Å². The summed E-state index contributed by atoms with van der Waals surface area (Å²) in [5.41, 5.74) is 6.84. The van der Waals surface area contributed by atoms with E-state index in [1.165, 1.54) is 4.90 Å². The maximum absolute atomic E-state index is 12.2. The first kappa shape index (κ1) is 14.2. The number of carbonyl (C=O) groups excluding carboxylic acids is 2. The van der Waals surface area contributed by atoms with Crippen LogP contribution >= 0.6 is 0 Å². The maximum atomic E-state index is 12.2. The number of hydrogen-bond donors (Lipinski definition) is 1. The first-order chi connectivity index (χ1) is 10.2. The van der Waals surface area contributed by atoms with Crippen LogP contribution in [0.2, 0.25) is 0 Å². The number of nitrogens with zero attached hydrogens (tertiary/aromatic N) is 1. The standard InChI is InChI=1S/C16H20N2O3/c17-11-5-7-12(8-6-11)21-10-9-18-15(19)13-3-1-2-4-14(13)16(18)20/h1-4,11-12H,5-10,17H2. The Morgan fingerprint density at radius 1 is 1.05 bits per heavy atom. The molecule has 2 amide bonds. The molecule has 0 unspecified atom stereocenters. The molecule has 1 aliphatic heterocycles. The van der Waals surface area contributed by atoms with Crippen molar-refractivity contribution in [2.24, 2.45) is 5.73 Å². The van der Waals surface area contributed by atoms with Gasteiger partial charge in [0.25, 0.3) is 11.8 Å². The van der Waals surface area contributed by atoms with E-state index < -0.39 is 0 Å². The summed E-state index contributed by atoms with van der Waals surface area (Å²) in [5.74, 6) is -0.435. The van der Waals surface area contributed by atoms with Gasteiger partial charge in [0.1, 0.15) is 0 Å². The van der Waals surface area contributed by atoms with E-state index in [1.54, 1.807) is 24.3 Å². The van der Waals surface area contributed by atoms with E-state index in [2.05, 4.69) is 0 Å². The first-order valence-electron chi connectivity index (χ1n) is 7.49. The van der Waals surface area contributed by atoms with Crippen LogP contribution in [0.15, 0.2) is 24.3 Å². The molecule has 0 bridgehead atoms. The van der Waals surface area contributed by atoms with Crippen molar-refractivity contribution in [3.05, 3.63) is 35.4 Å². The highest BCUT2D eigenvalue weighted by Crippen LogP contribution is 2.23. The number of fused-ring (bicyclic) bond motifs is 1. The Balaban J connectivity index is 1.53. The van der Waals surface area contributed by atoms with Crippen LogP contribution in [-0.4, -0.2) is 42.0 Å². The maximum Gasteiger partial charge on any atom is 0.261 e. The molecule has 2 aliphatic rings. The second-order valence-electron chi connectivity index (χ2n) is 5.72. The molecule has 5 nitrogen and oxygen atoms in total. The minimum atomic E-state index is -0.218. The van der Waals surface area contributed by atoms with E-state index in [9.17, 15) is 9.59 Å². The fourth-order valence-corrected chi connectivity index (χ4v) is 3.01. The van der Waals surface area contributed by atoms with Crippen molar-refractivity contribution in [1.82, 2.24) is 4.90 Å². The Hall–Kier alpha value is -1.72. The second kappa shape index (κ2) is 5.95. The summed E-state index contributed by atoms with van der Waals surface area (Å²) in [4.78, 5) is 25.6. The number of hydrogen-bond acceptors (Lipinski definition) is 4. The molecule has 1 fully saturated rings. The monoisotopic (exact) mass is 288 g/mol. The lowest BCUT2D eigenvalue weighted by molar-refractivity contribution is 0.0144. The van der Waals surface area contributed by atoms with Crippen molar-refractivity contribution in [3.8, 4) is 0 Å². The molecule has 0 aromatic heterocycles. The summed E-state index contributed by atoms with van der Waals surface area (Å²) < 4.78 is 5.79. The van der Waals surface area contributed by atoms with Crippen LogP contribution in [0, 0.1) is 0 Å². The fourth-order valence-electron chi connectivity index (χ4n) is 3.01. The Morgan fingerprint density at radius 3 is 2.19 bits per heavy atom. The smallest absolute Gasteiger partial charge is 0.261 e. The van der Waals surface area contributed by atoms with Crippen LogP contribution in [0.1, 0.15) is 46.4 Å². The number of imide groups is 1. The van der Waals surface area contributed by atoms with Crippen LogP contribution < -0.4 is 5.73 Å². The van der Waals surface area contributed by atoms with Crippen LogP contribution in [-0.2, 0) is 4.74 Å². The lowest BCUT2D eigenvalue weighted by atomic mass is 9.94. The number of amides is 2. The van der Waals surface area contributed by atoms with Crippen molar-refractivity contribution in [1.29, 1.82) is 0 Å². The Kier molecular flexibility index (Phi) is 4.03. The van der Waals surface area contributed by atoms with Gasteiger partial charge in [0, 0.05) is 6.04 Å².